The lowest BCUT2D eigenvalue weighted by Gasteiger charge is -2.12. The summed E-state index contributed by atoms with van der Waals surface area (Å²) in [5, 5.41) is 7.16. The number of rotatable bonds is 4. The lowest BCUT2D eigenvalue weighted by Crippen LogP contribution is -2.14. The minimum absolute atomic E-state index is 0.164. The molecule has 0 aliphatic carbocycles. The summed E-state index contributed by atoms with van der Waals surface area (Å²) in [6.45, 7) is 4.08. The number of carbonyl (C=O) groups excluding carboxylic acids is 1. The molecule has 0 spiro atoms. The smallest absolute Gasteiger partial charge is 0.269 e. The fourth-order valence-corrected chi connectivity index (χ4v) is 3.08. The molecule has 0 saturated carbocycles. The summed E-state index contributed by atoms with van der Waals surface area (Å²) >= 11 is 1.12. The summed E-state index contributed by atoms with van der Waals surface area (Å²) < 4.78 is 3.96. The quantitative estimate of drug-likeness (QED) is 0.777. The third kappa shape index (κ3) is 3.14. The van der Waals surface area contributed by atoms with Crippen molar-refractivity contribution in [2.24, 2.45) is 0 Å². The average Bonchev–Trinajstić information content (AvgIpc) is 3.07. The van der Waals surface area contributed by atoms with E-state index in [0.29, 0.717) is 10.6 Å². The van der Waals surface area contributed by atoms with Gasteiger partial charge in [-0.25, -0.2) is 0 Å². The number of aryl methyl sites for hydroxylation is 2. The Morgan fingerprint density at radius 3 is 2.65 bits per heavy atom. The van der Waals surface area contributed by atoms with E-state index in [1.807, 2.05) is 55.5 Å². The number of hydrogen-bond donors (Lipinski definition) is 1. The van der Waals surface area contributed by atoms with E-state index in [9.17, 15) is 4.79 Å². The van der Waals surface area contributed by atoms with E-state index in [1.165, 1.54) is 0 Å². The van der Waals surface area contributed by atoms with Crippen LogP contribution in [0.15, 0.2) is 48.5 Å². The van der Waals surface area contributed by atoms with Crippen LogP contribution in [-0.4, -0.2) is 15.5 Å². The van der Waals surface area contributed by atoms with Gasteiger partial charge in [0.15, 0.2) is 0 Å². The number of nitrogens with zero attached hydrogens (tertiary/aromatic N) is 2. The number of benzene rings is 2. The molecule has 0 unspecified atom stereocenters. The second kappa shape index (κ2) is 6.71. The zero-order valence-electron chi connectivity index (χ0n) is 13.0. The van der Waals surface area contributed by atoms with Gasteiger partial charge in [-0.1, -0.05) is 59.9 Å². The van der Waals surface area contributed by atoms with Gasteiger partial charge in [-0.05, 0) is 36.0 Å². The predicted octanol–water partition coefficient (Wildman–Crippen LogP) is 4.33. The van der Waals surface area contributed by atoms with Crippen LogP contribution < -0.4 is 5.32 Å². The van der Waals surface area contributed by atoms with Crippen LogP contribution in [-0.2, 0) is 6.42 Å². The molecule has 1 aromatic heterocycles. The molecular formula is C18H17N3OS. The molecule has 3 rings (SSSR count). The Hall–Kier alpha value is -2.53. The first kappa shape index (κ1) is 15.4. The van der Waals surface area contributed by atoms with Crippen molar-refractivity contribution in [3.8, 4) is 11.3 Å². The third-order valence-corrected chi connectivity index (χ3v) is 4.44. The Morgan fingerprint density at radius 2 is 1.91 bits per heavy atom. The lowest BCUT2D eigenvalue weighted by molar-refractivity contribution is 0.103. The highest BCUT2D eigenvalue weighted by Crippen LogP contribution is 2.26. The molecule has 5 heteroatoms. The molecule has 1 heterocycles. The summed E-state index contributed by atoms with van der Waals surface area (Å²) in [5.74, 6) is -0.164. The molecule has 1 N–H and O–H groups in total. The van der Waals surface area contributed by atoms with Gasteiger partial charge in [0.25, 0.3) is 5.91 Å². The molecule has 0 atom stereocenters. The van der Waals surface area contributed by atoms with Crippen LogP contribution in [0, 0.1) is 6.92 Å². The van der Waals surface area contributed by atoms with Crippen LogP contribution in [0.2, 0.25) is 0 Å². The number of amides is 1. The van der Waals surface area contributed by atoms with E-state index >= 15 is 0 Å². The summed E-state index contributed by atoms with van der Waals surface area (Å²) in [6, 6.07) is 15.7. The standard InChI is InChI=1S/C18H17N3OS/c1-3-13-11-7-8-12(2)15(13)19-18(22)17-16(20-21-23-17)14-9-5-4-6-10-14/h4-11H,3H2,1-2H3,(H,19,22). The topological polar surface area (TPSA) is 54.9 Å². The van der Waals surface area contributed by atoms with Crippen LogP contribution in [0.4, 0.5) is 5.69 Å². The fourth-order valence-electron chi connectivity index (χ4n) is 2.50. The van der Waals surface area contributed by atoms with Crippen LogP contribution >= 0.6 is 11.5 Å². The number of para-hydroxylation sites is 1. The molecular weight excluding hydrogens is 306 g/mol. The van der Waals surface area contributed by atoms with Crippen molar-refractivity contribution in [2.75, 3.05) is 5.32 Å². The number of hydrogen-bond acceptors (Lipinski definition) is 4. The molecule has 3 aromatic rings. The SMILES string of the molecule is CCc1cccc(C)c1NC(=O)c1snnc1-c1ccccc1. The van der Waals surface area contributed by atoms with Crippen molar-refractivity contribution in [2.45, 2.75) is 20.3 Å². The first-order valence-corrected chi connectivity index (χ1v) is 8.25. The first-order chi connectivity index (χ1) is 11.2. The highest BCUT2D eigenvalue weighted by molar-refractivity contribution is 7.08. The van der Waals surface area contributed by atoms with Crippen LogP contribution in [0.5, 0.6) is 0 Å². The zero-order chi connectivity index (χ0) is 16.2. The predicted molar refractivity (Wildman–Crippen MR) is 93.9 cm³/mol. The monoisotopic (exact) mass is 323 g/mol. The highest BCUT2D eigenvalue weighted by Gasteiger charge is 2.19. The first-order valence-electron chi connectivity index (χ1n) is 7.48. The van der Waals surface area contributed by atoms with Crippen molar-refractivity contribution in [3.63, 3.8) is 0 Å². The summed E-state index contributed by atoms with van der Waals surface area (Å²) in [6.07, 6.45) is 0.865. The maximum absolute atomic E-state index is 12.7. The maximum atomic E-state index is 12.7. The molecule has 0 aliphatic heterocycles. The van der Waals surface area contributed by atoms with Gasteiger partial charge >= 0.3 is 0 Å². The van der Waals surface area contributed by atoms with Gasteiger partial charge < -0.3 is 5.32 Å². The maximum Gasteiger partial charge on any atom is 0.269 e. The molecule has 0 saturated heterocycles. The molecule has 0 bridgehead atoms. The van der Waals surface area contributed by atoms with Gasteiger partial charge in [0.2, 0.25) is 0 Å². The van der Waals surface area contributed by atoms with Crippen molar-refractivity contribution in [1.29, 1.82) is 0 Å². The van der Waals surface area contributed by atoms with Crippen molar-refractivity contribution < 1.29 is 4.79 Å². The Bertz CT molecular complexity index is 827. The molecule has 0 fully saturated rings. The average molecular weight is 323 g/mol. The highest BCUT2D eigenvalue weighted by atomic mass is 32.1. The van der Waals surface area contributed by atoms with Crippen molar-refractivity contribution >= 4 is 23.1 Å². The third-order valence-electron chi connectivity index (χ3n) is 3.72. The second-order valence-electron chi connectivity index (χ2n) is 5.23. The molecule has 0 radical (unpaired) electrons. The van der Waals surface area contributed by atoms with E-state index in [-0.39, 0.29) is 5.91 Å². The number of carbonyl (C=O) groups is 1. The molecule has 2 aromatic carbocycles. The normalized spacial score (nSPS) is 10.5. The van der Waals surface area contributed by atoms with E-state index in [4.69, 9.17) is 0 Å². The largest absolute Gasteiger partial charge is 0.321 e. The van der Waals surface area contributed by atoms with E-state index in [0.717, 1.165) is 40.3 Å². The molecule has 4 nitrogen and oxygen atoms in total. The second-order valence-corrected chi connectivity index (χ2v) is 5.99. The minimum Gasteiger partial charge on any atom is -0.321 e. The van der Waals surface area contributed by atoms with E-state index in [1.54, 1.807) is 0 Å². The fraction of sp³-hybridized carbons (Fsp3) is 0.167. The molecule has 23 heavy (non-hydrogen) atoms. The molecule has 116 valence electrons. The van der Waals surface area contributed by atoms with Crippen LogP contribution in [0.25, 0.3) is 11.3 Å². The Kier molecular flexibility index (Phi) is 4.48. The summed E-state index contributed by atoms with van der Waals surface area (Å²) in [7, 11) is 0. The van der Waals surface area contributed by atoms with Crippen LogP contribution in [0.3, 0.4) is 0 Å². The lowest BCUT2D eigenvalue weighted by atomic mass is 10.1. The Labute approximate surface area is 139 Å². The number of anilines is 1. The number of nitrogens with one attached hydrogen (secondary N) is 1. The van der Waals surface area contributed by atoms with Gasteiger partial charge in [0, 0.05) is 11.3 Å². The summed E-state index contributed by atoms with van der Waals surface area (Å²) in [4.78, 5) is 13.2. The zero-order valence-corrected chi connectivity index (χ0v) is 13.9. The Balaban J connectivity index is 1.93. The van der Waals surface area contributed by atoms with E-state index < -0.39 is 0 Å². The van der Waals surface area contributed by atoms with Gasteiger partial charge in [-0.15, -0.1) is 5.10 Å². The van der Waals surface area contributed by atoms with E-state index in [2.05, 4.69) is 21.8 Å². The van der Waals surface area contributed by atoms with Gasteiger partial charge in [-0.2, -0.15) is 0 Å². The molecule has 1 amide bonds. The molecule has 0 aliphatic rings. The van der Waals surface area contributed by atoms with Gasteiger partial charge in [0.1, 0.15) is 10.6 Å². The summed E-state index contributed by atoms with van der Waals surface area (Å²) in [5.41, 5.74) is 4.58. The van der Waals surface area contributed by atoms with Crippen molar-refractivity contribution in [1.82, 2.24) is 9.59 Å². The van der Waals surface area contributed by atoms with Crippen molar-refractivity contribution in [3.05, 3.63) is 64.5 Å². The Morgan fingerprint density at radius 1 is 1.13 bits per heavy atom. The number of aromatic nitrogens is 2. The minimum atomic E-state index is -0.164. The van der Waals surface area contributed by atoms with Gasteiger partial charge in [-0.3, -0.25) is 4.79 Å². The van der Waals surface area contributed by atoms with Crippen LogP contribution in [0.1, 0.15) is 27.7 Å². The van der Waals surface area contributed by atoms with Gasteiger partial charge in [0.05, 0.1) is 0 Å².